The average Bonchev–Trinajstić information content (AvgIpc) is 3.14. The largest absolute Gasteiger partial charge is 0.341 e. The van der Waals surface area contributed by atoms with E-state index < -0.39 is 5.54 Å². The lowest BCUT2D eigenvalue weighted by Crippen LogP contribution is -2.49. The molecule has 1 fully saturated rings. The first-order valence-electron chi connectivity index (χ1n) is 9.38. The summed E-state index contributed by atoms with van der Waals surface area (Å²) >= 11 is 0. The second-order valence-corrected chi connectivity index (χ2v) is 6.87. The number of carbonyl (C=O) groups excluding carboxylic acids is 1. The van der Waals surface area contributed by atoms with Crippen LogP contribution in [0, 0.1) is 0 Å². The zero-order chi connectivity index (χ0) is 17.7. The molecule has 1 atom stereocenters. The monoisotopic (exact) mass is 341 g/mol. The first kappa shape index (κ1) is 17.6. The van der Waals surface area contributed by atoms with Crippen LogP contribution in [0.4, 0.5) is 0 Å². The Labute approximate surface area is 149 Å². The highest BCUT2D eigenvalue weighted by Crippen LogP contribution is 2.37. The molecule has 134 valence electrons. The molecule has 1 saturated carbocycles. The van der Waals surface area contributed by atoms with Gasteiger partial charge in [-0.05, 0) is 24.8 Å². The molecule has 1 aliphatic rings. The molecule has 1 aromatic carbocycles. The zero-order valence-corrected chi connectivity index (χ0v) is 15.1. The highest BCUT2D eigenvalue weighted by molar-refractivity contribution is 5.84. The SMILES string of the molecule is CCc1noc(C2(NC(=O)C(CC)c3ccccc3)CCCCC2)n1. The van der Waals surface area contributed by atoms with Crippen LogP contribution < -0.4 is 5.32 Å². The number of aromatic nitrogens is 2. The fourth-order valence-corrected chi connectivity index (χ4v) is 3.72. The van der Waals surface area contributed by atoms with E-state index in [0.717, 1.165) is 44.1 Å². The van der Waals surface area contributed by atoms with Crippen molar-refractivity contribution in [1.29, 1.82) is 0 Å². The van der Waals surface area contributed by atoms with Crippen LogP contribution in [0.5, 0.6) is 0 Å². The van der Waals surface area contributed by atoms with Gasteiger partial charge >= 0.3 is 0 Å². The summed E-state index contributed by atoms with van der Waals surface area (Å²) < 4.78 is 5.54. The maximum atomic E-state index is 13.1. The normalized spacial score (nSPS) is 17.8. The number of amides is 1. The molecule has 1 aliphatic carbocycles. The summed E-state index contributed by atoms with van der Waals surface area (Å²) in [7, 11) is 0. The molecule has 5 nitrogen and oxygen atoms in total. The number of nitrogens with zero attached hydrogens (tertiary/aromatic N) is 2. The van der Waals surface area contributed by atoms with Crippen LogP contribution in [0.2, 0.25) is 0 Å². The molecule has 0 saturated heterocycles. The summed E-state index contributed by atoms with van der Waals surface area (Å²) in [5, 5.41) is 7.35. The molecular formula is C20H27N3O2. The first-order valence-corrected chi connectivity index (χ1v) is 9.38. The van der Waals surface area contributed by atoms with Crippen molar-refractivity contribution in [2.45, 2.75) is 70.3 Å². The predicted molar refractivity (Wildman–Crippen MR) is 96.1 cm³/mol. The highest BCUT2D eigenvalue weighted by atomic mass is 16.5. The molecule has 3 rings (SSSR count). The van der Waals surface area contributed by atoms with Crippen LogP contribution in [0.15, 0.2) is 34.9 Å². The van der Waals surface area contributed by atoms with E-state index in [1.54, 1.807) is 0 Å². The molecule has 0 bridgehead atoms. The van der Waals surface area contributed by atoms with Gasteiger partial charge in [0.1, 0.15) is 5.54 Å². The first-order chi connectivity index (χ1) is 12.2. The van der Waals surface area contributed by atoms with Gasteiger partial charge in [-0.1, -0.05) is 68.6 Å². The van der Waals surface area contributed by atoms with Gasteiger partial charge in [-0.3, -0.25) is 4.79 Å². The highest BCUT2D eigenvalue weighted by Gasteiger charge is 2.41. The summed E-state index contributed by atoms with van der Waals surface area (Å²) in [5.74, 6) is 1.16. The molecule has 0 radical (unpaired) electrons. The van der Waals surface area contributed by atoms with E-state index in [1.165, 1.54) is 6.42 Å². The van der Waals surface area contributed by atoms with Gasteiger partial charge in [0.2, 0.25) is 5.91 Å². The number of hydrogen-bond acceptors (Lipinski definition) is 4. The van der Waals surface area contributed by atoms with Gasteiger partial charge < -0.3 is 9.84 Å². The number of nitrogens with one attached hydrogen (secondary N) is 1. The van der Waals surface area contributed by atoms with Gasteiger partial charge in [-0.15, -0.1) is 0 Å². The Morgan fingerprint density at radius 2 is 1.92 bits per heavy atom. The number of rotatable bonds is 6. The fourth-order valence-electron chi connectivity index (χ4n) is 3.72. The molecule has 1 N–H and O–H groups in total. The molecule has 0 aliphatic heterocycles. The van der Waals surface area contributed by atoms with Gasteiger partial charge in [0, 0.05) is 6.42 Å². The maximum Gasteiger partial charge on any atom is 0.252 e. The maximum absolute atomic E-state index is 13.1. The third-order valence-electron chi connectivity index (χ3n) is 5.19. The third-order valence-corrected chi connectivity index (χ3v) is 5.19. The Bertz CT molecular complexity index is 690. The lowest BCUT2D eigenvalue weighted by atomic mass is 9.80. The topological polar surface area (TPSA) is 68.0 Å². The molecular weight excluding hydrogens is 314 g/mol. The smallest absolute Gasteiger partial charge is 0.252 e. The molecule has 2 aromatic rings. The van der Waals surface area contributed by atoms with Gasteiger partial charge in [0.05, 0.1) is 5.92 Å². The van der Waals surface area contributed by atoms with Crippen LogP contribution >= 0.6 is 0 Å². The molecule has 25 heavy (non-hydrogen) atoms. The van der Waals surface area contributed by atoms with Crippen molar-refractivity contribution in [3.05, 3.63) is 47.6 Å². The number of aryl methyl sites for hydroxylation is 1. The molecule has 1 heterocycles. The second-order valence-electron chi connectivity index (χ2n) is 6.87. The number of carbonyl (C=O) groups is 1. The summed E-state index contributed by atoms with van der Waals surface area (Å²) in [6, 6.07) is 9.97. The van der Waals surface area contributed by atoms with Gasteiger partial charge in [-0.2, -0.15) is 4.98 Å². The molecule has 5 heteroatoms. The zero-order valence-electron chi connectivity index (χ0n) is 15.1. The van der Waals surface area contributed by atoms with E-state index in [0.29, 0.717) is 11.7 Å². The van der Waals surface area contributed by atoms with Crippen molar-refractivity contribution >= 4 is 5.91 Å². The molecule has 1 aromatic heterocycles. The summed E-state index contributed by atoms with van der Waals surface area (Å²) in [6.07, 6.45) is 6.51. The molecule has 0 spiro atoms. The van der Waals surface area contributed by atoms with Crippen molar-refractivity contribution in [2.75, 3.05) is 0 Å². The summed E-state index contributed by atoms with van der Waals surface area (Å²) in [5.41, 5.74) is 0.533. The minimum atomic E-state index is -0.516. The van der Waals surface area contributed by atoms with Gasteiger partial charge in [-0.25, -0.2) is 0 Å². The van der Waals surface area contributed by atoms with E-state index in [4.69, 9.17) is 4.52 Å². The Morgan fingerprint density at radius 3 is 2.52 bits per heavy atom. The van der Waals surface area contributed by atoms with Gasteiger partial charge in [0.15, 0.2) is 5.82 Å². The van der Waals surface area contributed by atoms with Gasteiger partial charge in [0.25, 0.3) is 5.89 Å². The molecule has 1 amide bonds. The average molecular weight is 341 g/mol. The standard InChI is InChI=1S/C20H27N3O2/c1-3-16(15-11-7-5-8-12-15)18(24)22-20(13-9-6-10-14-20)19-21-17(4-2)23-25-19/h5,7-8,11-12,16H,3-4,6,9-10,13-14H2,1-2H3,(H,22,24). The third kappa shape index (κ3) is 3.75. The Hall–Kier alpha value is -2.17. The van der Waals surface area contributed by atoms with E-state index in [1.807, 2.05) is 44.2 Å². The van der Waals surface area contributed by atoms with Crippen LogP contribution in [0.25, 0.3) is 0 Å². The van der Waals surface area contributed by atoms with Crippen LogP contribution in [0.3, 0.4) is 0 Å². The predicted octanol–water partition coefficient (Wildman–Crippen LogP) is 4.10. The number of benzene rings is 1. The fraction of sp³-hybridized carbons (Fsp3) is 0.550. The summed E-state index contributed by atoms with van der Waals surface area (Å²) in [6.45, 7) is 4.05. The molecule has 1 unspecified atom stereocenters. The lowest BCUT2D eigenvalue weighted by Gasteiger charge is -2.36. The van der Waals surface area contributed by atoms with Crippen LogP contribution in [-0.2, 0) is 16.8 Å². The minimum absolute atomic E-state index is 0.0480. The van der Waals surface area contributed by atoms with Crippen LogP contribution in [0.1, 0.15) is 75.6 Å². The van der Waals surface area contributed by atoms with Crippen molar-refractivity contribution in [2.24, 2.45) is 0 Å². The Kier molecular flexibility index (Phi) is 5.51. The van der Waals surface area contributed by atoms with Crippen molar-refractivity contribution < 1.29 is 9.32 Å². The van der Waals surface area contributed by atoms with E-state index >= 15 is 0 Å². The van der Waals surface area contributed by atoms with Crippen molar-refractivity contribution in [3.8, 4) is 0 Å². The number of hydrogen-bond donors (Lipinski definition) is 1. The quantitative estimate of drug-likeness (QED) is 0.859. The Balaban J connectivity index is 1.85. The van der Waals surface area contributed by atoms with E-state index in [2.05, 4.69) is 15.5 Å². The van der Waals surface area contributed by atoms with Crippen molar-refractivity contribution in [3.63, 3.8) is 0 Å². The minimum Gasteiger partial charge on any atom is -0.341 e. The van der Waals surface area contributed by atoms with Crippen molar-refractivity contribution in [1.82, 2.24) is 15.5 Å². The lowest BCUT2D eigenvalue weighted by molar-refractivity contribution is -0.125. The van der Waals surface area contributed by atoms with E-state index in [-0.39, 0.29) is 11.8 Å². The van der Waals surface area contributed by atoms with E-state index in [9.17, 15) is 4.79 Å². The Morgan fingerprint density at radius 1 is 1.20 bits per heavy atom. The second kappa shape index (κ2) is 7.81. The summed E-state index contributed by atoms with van der Waals surface area (Å²) in [4.78, 5) is 17.6. The van der Waals surface area contributed by atoms with Crippen LogP contribution in [-0.4, -0.2) is 16.0 Å².